The van der Waals surface area contributed by atoms with Crippen molar-refractivity contribution in [1.82, 2.24) is 14.7 Å². The molecule has 0 aliphatic heterocycles. The molecule has 2 heterocycles. The molecule has 0 aromatic carbocycles. The van der Waals surface area contributed by atoms with Gasteiger partial charge in [0.05, 0.1) is 13.0 Å². The van der Waals surface area contributed by atoms with E-state index in [2.05, 4.69) is 10.3 Å². The van der Waals surface area contributed by atoms with Crippen LogP contribution in [-0.4, -0.2) is 45.6 Å². The van der Waals surface area contributed by atoms with Crippen LogP contribution in [0.2, 0.25) is 0 Å². The van der Waals surface area contributed by atoms with Gasteiger partial charge in [0.25, 0.3) is 0 Å². The molecule has 2 aromatic heterocycles. The van der Waals surface area contributed by atoms with E-state index in [-0.39, 0.29) is 18.9 Å². The second-order valence-corrected chi connectivity index (χ2v) is 5.44. The second-order valence-electron chi connectivity index (χ2n) is 4.60. The van der Waals surface area contributed by atoms with Crippen LogP contribution in [-0.2, 0) is 20.7 Å². The van der Waals surface area contributed by atoms with E-state index in [4.69, 9.17) is 9.84 Å². The molecule has 0 radical (unpaired) electrons. The molecule has 2 rings (SSSR count). The van der Waals surface area contributed by atoms with Crippen LogP contribution < -0.4 is 5.32 Å². The van der Waals surface area contributed by atoms with Crippen LogP contribution in [0.25, 0.3) is 4.96 Å². The van der Waals surface area contributed by atoms with E-state index in [1.54, 1.807) is 16.8 Å². The molecular formula is C12H15N3O4S. The van der Waals surface area contributed by atoms with Gasteiger partial charge in [-0.05, 0) is 6.92 Å². The zero-order valence-corrected chi connectivity index (χ0v) is 11.9. The zero-order chi connectivity index (χ0) is 14.8. The van der Waals surface area contributed by atoms with Gasteiger partial charge in [-0.3, -0.25) is 9.20 Å². The largest absolute Gasteiger partial charge is 0.479 e. The van der Waals surface area contributed by atoms with Gasteiger partial charge in [-0.1, -0.05) is 0 Å². The fourth-order valence-corrected chi connectivity index (χ4v) is 2.71. The van der Waals surface area contributed by atoms with E-state index in [1.165, 1.54) is 25.4 Å². The van der Waals surface area contributed by atoms with Gasteiger partial charge in [-0.2, -0.15) is 0 Å². The molecule has 8 heteroatoms. The number of nitrogens with one attached hydrogen (secondary N) is 1. The van der Waals surface area contributed by atoms with Gasteiger partial charge in [0.15, 0.2) is 10.5 Å². The number of imidazole rings is 1. The maximum atomic E-state index is 12.0. The predicted molar refractivity (Wildman–Crippen MR) is 72.8 cm³/mol. The molecule has 0 fully saturated rings. The summed E-state index contributed by atoms with van der Waals surface area (Å²) in [5.74, 6) is -1.51. The van der Waals surface area contributed by atoms with Gasteiger partial charge in [0, 0.05) is 30.6 Å². The van der Waals surface area contributed by atoms with Gasteiger partial charge in [-0.25, -0.2) is 9.78 Å². The van der Waals surface area contributed by atoms with Gasteiger partial charge in [0.1, 0.15) is 0 Å². The molecule has 0 aliphatic rings. The number of hydrogen-bond donors (Lipinski definition) is 2. The number of rotatable bonds is 6. The minimum atomic E-state index is -1.43. The van der Waals surface area contributed by atoms with Crippen LogP contribution in [0.15, 0.2) is 17.8 Å². The topological polar surface area (TPSA) is 92.9 Å². The van der Waals surface area contributed by atoms with E-state index < -0.39 is 11.5 Å². The van der Waals surface area contributed by atoms with Gasteiger partial charge < -0.3 is 15.2 Å². The van der Waals surface area contributed by atoms with Crippen LogP contribution in [0.4, 0.5) is 0 Å². The molecule has 0 bridgehead atoms. The summed E-state index contributed by atoms with van der Waals surface area (Å²) in [5, 5.41) is 13.5. The first-order chi connectivity index (χ1) is 9.46. The maximum absolute atomic E-state index is 12.0. The summed E-state index contributed by atoms with van der Waals surface area (Å²) in [6, 6.07) is 0. The summed E-state index contributed by atoms with van der Waals surface area (Å²) >= 11 is 1.43. The van der Waals surface area contributed by atoms with E-state index in [0.29, 0.717) is 0 Å². The number of carboxylic acid groups (broad SMARTS) is 1. The molecule has 108 valence electrons. The quantitative estimate of drug-likeness (QED) is 0.812. The minimum Gasteiger partial charge on any atom is -0.479 e. The summed E-state index contributed by atoms with van der Waals surface area (Å²) in [6.07, 6.45) is 3.50. The number of fused-ring (bicyclic) bond motifs is 1. The lowest BCUT2D eigenvalue weighted by Gasteiger charge is -2.25. The lowest BCUT2D eigenvalue weighted by Crippen LogP contribution is -2.55. The number of aliphatic carboxylic acids is 1. The number of carboxylic acids is 1. The third-order valence-corrected chi connectivity index (χ3v) is 3.78. The number of hydrogen-bond acceptors (Lipinski definition) is 5. The third kappa shape index (κ3) is 2.81. The lowest BCUT2D eigenvalue weighted by molar-refractivity contribution is -0.149. The molecule has 2 N–H and O–H groups in total. The minimum absolute atomic E-state index is 0.0863. The molecule has 0 saturated carbocycles. The summed E-state index contributed by atoms with van der Waals surface area (Å²) in [4.78, 5) is 28.1. The Morgan fingerprint density at radius 2 is 2.35 bits per heavy atom. The Morgan fingerprint density at radius 3 is 3.00 bits per heavy atom. The van der Waals surface area contributed by atoms with Gasteiger partial charge in [0.2, 0.25) is 5.91 Å². The summed E-state index contributed by atoms with van der Waals surface area (Å²) in [7, 11) is 1.39. The Balaban J connectivity index is 2.09. The molecule has 2 aromatic rings. The summed E-state index contributed by atoms with van der Waals surface area (Å²) < 4.78 is 6.66. The zero-order valence-electron chi connectivity index (χ0n) is 11.1. The van der Waals surface area contributed by atoms with Crippen LogP contribution >= 0.6 is 11.3 Å². The average molecular weight is 297 g/mol. The number of nitrogens with zero attached hydrogens (tertiary/aromatic N) is 2. The van der Waals surface area contributed by atoms with Crippen molar-refractivity contribution < 1.29 is 19.4 Å². The smallest absolute Gasteiger partial charge is 0.331 e. The van der Waals surface area contributed by atoms with E-state index in [1.807, 2.05) is 5.38 Å². The molecule has 0 spiro atoms. The third-order valence-electron chi connectivity index (χ3n) is 2.88. The maximum Gasteiger partial charge on any atom is 0.331 e. The highest BCUT2D eigenvalue weighted by Crippen LogP contribution is 2.15. The monoisotopic (exact) mass is 297 g/mol. The van der Waals surface area contributed by atoms with Crippen molar-refractivity contribution in [3.05, 3.63) is 23.5 Å². The fraction of sp³-hybridized carbons (Fsp3) is 0.417. The number of thiazole rings is 1. The Hall–Kier alpha value is -1.93. The van der Waals surface area contributed by atoms with Crippen LogP contribution in [0.5, 0.6) is 0 Å². The number of ether oxygens (including phenoxy) is 1. The van der Waals surface area contributed by atoms with Crippen LogP contribution in [0, 0.1) is 0 Å². The van der Waals surface area contributed by atoms with Gasteiger partial charge in [-0.15, -0.1) is 11.3 Å². The molecule has 20 heavy (non-hydrogen) atoms. The Bertz CT molecular complexity index is 635. The van der Waals surface area contributed by atoms with E-state index in [0.717, 1.165) is 10.7 Å². The van der Waals surface area contributed by atoms with Crippen molar-refractivity contribution >= 4 is 28.2 Å². The van der Waals surface area contributed by atoms with Crippen LogP contribution in [0.3, 0.4) is 0 Å². The molecule has 7 nitrogen and oxygen atoms in total. The van der Waals surface area contributed by atoms with Crippen molar-refractivity contribution in [3.8, 4) is 0 Å². The molecule has 1 unspecified atom stereocenters. The van der Waals surface area contributed by atoms with E-state index in [9.17, 15) is 9.59 Å². The molecule has 1 atom stereocenters. The molecule has 1 amide bonds. The first-order valence-electron chi connectivity index (χ1n) is 5.89. The van der Waals surface area contributed by atoms with Crippen molar-refractivity contribution in [1.29, 1.82) is 0 Å². The Labute approximate surface area is 119 Å². The molecule has 0 aliphatic carbocycles. The summed E-state index contributed by atoms with van der Waals surface area (Å²) in [5.41, 5.74) is -0.666. The number of amides is 1. The number of methoxy groups -OCH3 is 1. The predicted octanol–water partition coefficient (Wildman–Crippen LogP) is 0.544. The normalized spacial score (nSPS) is 14.1. The van der Waals surface area contributed by atoms with Crippen LogP contribution in [0.1, 0.15) is 12.6 Å². The average Bonchev–Trinajstić information content (AvgIpc) is 2.94. The molecular weight excluding hydrogens is 282 g/mol. The SMILES string of the molecule is COCC(C)(NC(=O)Cc1csc2nccn12)C(=O)O. The standard InChI is InChI=1S/C12H15N3O4S/c1-12(7-19-2,10(17)18)14-9(16)5-8-6-20-11-13-3-4-15(8)11/h3-4,6H,5,7H2,1-2H3,(H,14,16)(H,17,18). The van der Waals surface area contributed by atoms with E-state index >= 15 is 0 Å². The highest BCUT2D eigenvalue weighted by atomic mass is 32.1. The van der Waals surface area contributed by atoms with Crippen molar-refractivity contribution in [3.63, 3.8) is 0 Å². The first-order valence-corrected chi connectivity index (χ1v) is 6.77. The highest BCUT2D eigenvalue weighted by molar-refractivity contribution is 7.15. The lowest BCUT2D eigenvalue weighted by atomic mass is 10.0. The van der Waals surface area contributed by atoms with Crippen molar-refractivity contribution in [2.75, 3.05) is 13.7 Å². The fourth-order valence-electron chi connectivity index (χ4n) is 1.86. The first kappa shape index (κ1) is 14.5. The highest BCUT2D eigenvalue weighted by Gasteiger charge is 2.35. The van der Waals surface area contributed by atoms with Crippen molar-refractivity contribution in [2.24, 2.45) is 0 Å². The number of carbonyl (C=O) groups is 2. The summed E-state index contributed by atoms with van der Waals surface area (Å²) in [6.45, 7) is 1.31. The Kier molecular flexibility index (Phi) is 4.05. The van der Waals surface area contributed by atoms with Crippen molar-refractivity contribution in [2.45, 2.75) is 18.9 Å². The Morgan fingerprint density at radius 1 is 1.60 bits per heavy atom. The second kappa shape index (κ2) is 5.59. The van der Waals surface area contributed by atoms with Gasteiger partial charge >= 0.3 is 5.97 Å². The molecule has 0 saturated heterocycles. The number of aromatic nitrogens is 2. The number of carbonyl (C=O) groups excluding carboxylic acids is 1.